The predicted octanol–water partition coefficient (Wildman–Crippen LogP) is 7.38. The van der Waals surface area contributed by atoms with E-state index < -0.39 is 0 Å². The second-order valence-corrected chi connectivity index (χ2v) is 8.07. The molecule has 0 aliphatic carbocycles. The number of benzene rings is 4. The van der Waals surface area contributed by atoms with E-state index in [-0.39, 0.29) is 0 Å². The first-order valence-corrected chi connectivity index (χ1v) is 10.9. The molecule has 0 unspecified atom stereocenters. The number of para-hydroxylation sites is 2. The molecule has 4 aromatic carbocycles. The Morgan fingerprint density at radius 1 is 0.576 bits per heavy atom. The molecule has 0 saturated carbocycles. The molecule has 3 heteroatoms. The van der Waals surface area contributed by atoms with Crippen molar-refractivity contribution in [2.75, 3.05) is 0 Å². The highest BCUT2D eigenvalue weighted by Gasteiger charge is 2.12. The van der Waals surface area contributed by atoms with Crippen molar-refractivity contribution in [3.63, 3.8) is 0 Å². The van der Waals surface area contributed by atoms with Gasteiger partial charge in [-0.3, -0.25) is 4.98 Å². The summed E-state index contributed by atoms with van der Waals surface area (Å²) in [5, 5.41) is 11.7. The average Bonchev–Trinajstić information content (AvgIpc) is 3.23. The number of fused-ring (bicyclic) bond motifs is 3. The molecule has 0 atom stereocenters. The largest absolute Gasteiger partial charge is 0.309 e. The zero-order valence-electron chi connectivity index (χ0n) is 17.8. The molecular weight excluding hydrogens is 402 g/mol. The predicted molar refractivity (Wildman–Crippen MR) is 134 cm³/mol. The van der Waals surface area contributed by atoms with Crippen LogP contribution in [0.1, 0.15) is 5.56 Å². The van der Waals surface area contributed by atoms with Gasteiger partial charge in [0.1, 0.15) is 6.07 Å². The third-order valence-corrected chi connectivity index (χ3v) is 6.10. The van der Waals surface area contributed by atoms with Crippen molar-refractivity contribution in [1.29, 1.82) is 5.26 Å². The summed E-state index contributed by atoms with van der Waals surface area (Å²) in [5.74, 6) is 0. The third kappa shape index (κ3) is 3.26. The van der Waals surface area contributed by atoms with Crippen LogP contribution in [0.3, 0.4) is 0 Å². The monoisotopic (exact) mass is 421 g/mol. The van der Waals surface area contributed by atoms with Gasteiger partial charge in [-0.2, -0.15) is 5.26 Å². The van der Waals surface area contributed by atoms with E-state index in [4.69, 9.17) is 5.26 Å². The van der Waals surface area contributed by atoms with Crippen LogP contribution in [0.5, 0.6) is 0 Å². The van der Waals surface area contributed by atoms with Crippen LogP contribution in [-0.2, 0) is 0 Å². The lowest BCUT2D eigenvalue weighted by Crippen LogP contribution is -1.94. The van der Waals surface area contributed by atoms with Crippen LogP contribution in [0, 0.1) is 11.3 Å². The number of rotatable bonds is 3. The normalized spacial score (nSPS) is 11.0. The molecule has 6 rings (SSSR count). The van der Waals surface area contributed by atoms with E-state index in [1.165, 1.54) is 21.8 Å². The second-order valence-electron chi connectivity index (χ2n) is 8.07. The van der Waals surface area contributed by atoms with Gasteiger partial charge in [0.05, 0.1) is 16.6 Å². The number of nitrogens with zero attached hydrogens (tertiary/aromatic N) is 3. The molecule has 0 N–H and O–H groups in total. The second kappa shape index (κ2) is 7.78. The lowest BCUT2D eigenvalue weighted by Gasteiger charge is -2.11. The molecule has 0 bridgehead atoms. The van der Waals surface area contributed by atoms with Gasteiger partial charge in [0.15, 0.2) is 0 Å². The van der Waals surface area contributed by atoms with Gasteiger partial charge in [0.2, 0.25) is 0 Å². The molecule has 0 spiro atoms. The van der Waals surface area contributed by atoms with Crippen LogP contribution in [0.2, 0.25) is 0 Å². The minimum absolute atomic E-state index is 0.565. The Hall–Kier alpha value is -4.68. The summed E-state index contributed by atoms with van der Waals surface area (Å²) in [4.78, 5) is 4.18. The molecular formula is C30H19N3. The maximum absolute atomic E-state index is 9.15. The van der Waals surface area contributed by atoms with E-state index in [0.29, 0.717) is 5.56 Å². The van der Waals surface area contributed by atoms with Crippen molar-refractivity contribution in [2.24, 2.45) is 0 Å². The van der Waals surface area contributed by atoms with Gasteiger partial charge >= 0.3 is 0 Å². The zero-order chi connectivity index (χ0) is 22.2. The third-order valence-electron chi connectivity index (χ3n) is 6.10. The Balaban J connectivity index is 1.44. The molecule has 3 nitrogen and oxygen atoms in total. The molecule has 2 aromatic heterocycles. The Morgan fingerprint density at radius 2 is 1.21 bits per heavy atom. The van der Waals surface area contributed by atoms with E-state index >= 15 is 0 Å². The van der Waals surface area contributed by atoms with Crippen molar-refractivity contribution in [3.05, 3.63) is 121 Å². The average molecular weight is 422 g/mol. The summed E-state index contributed by atoms with van der Waals surface area (Å²) in [5.41, 5.74) is 8.40. The maximum atomic E-state index is 9.15. The van der Waals surface area contributed by atoms with E-state index in [2.05, 4.69) is 113 Å². The fourth-order valence-electron chi connectivity index (χ4n) is 4.54. The lowest BCUT2D eigenvalue weighted by molar-refractivity contribution is 1.18. The van der Waals surface area contributed by atoms with Crippen LogP contribution in [-0.4, -0.2) is 9.55 Å². The molecule has 154 valence electrons. The summed E-state index contributed by atoms with van der Waals surface area (Å²) in [6.07, 6.45) is 3.37. The first-order chi connectivity index (χ1) is 16.3. The summed E-state index contributed by atoms with van der Waals surface area (Å²) >= 11 is 0. The van der Waals surface area contributed by atoms with E-state index in [9.17, 15) is 0 Å². The fourth-order valence-corrected chi connectivity index (χ4v) is 4.54. The van der Waals surface area contributed by atoms with Crippen molar-refractivity contribution in [1.82, 2.24) is 9.55 Å². The number of aromatic nitrogens is 2. The number of nitriles is 1. The zero-order valence-corrected chi connectivity index (χ0v) is 17.8. The number of pyridine rings is 1. The quantitative estimate of drug-likeness (QED) is 0.299. The lowest BCUT2D eigenvalue weighted by atomic mass is 10.0. The highest BCUT2D eigenvalue weighted by atomic mass is 15.0. The Kier molecular flexibility index (Phi) is 4.49. The van der Waals surface area contributed by atoms with Gasteiger partial charge in [-0.15, -0.1) is 0 Å². The van der Waals surface area contributed by atoms with Crippen molar-refractivity contribution in [3.8, 4) is 34.0 Å². The van der Waals surface area contributed by atoms with Gasteiger partial charge < -0.3 is 4.57 Å². The first-order valence-electron chi connectivity index (χ1n) is 10.9. The van der Waals surface area contributed by atoms with E-state index in [1.807, 2.05) is 6.07 Å². The molecule has 6 aromatic rings. The molecule has 0 aliphatic rings. The van der Waals surface area contributed by atoms with Gasteiger partial charge in [0.25, 0.3) is 0 Å². The summed E-state index contributed by atoms with van der Waals surface area (Å²) in [7, 11) is 0. The molecule has 0 radical (unpaired) electrons. The molecule has 0 fully saturated rings. The van der Waals surface area contributed by atoms with Gasteiger partial charge in [-0.25, -0.2) is 0 Å². The van der Waals surface area contributed by atoms with Crippen molar-refractivity contribution in [2.45, 2.75) is 0 Å². The van der Waals surface area contributed by atoms with Gasteiger partial charge in [0, 0.05) is 34.4 Å². The summed E-state index contributed by atoms with van der Waals surface area (Å²) < 4.78 is 2.33. The Labute approximate surface area is 191 Å². The maximum Gasteiger partial charge on any atom is 0.101 e. The van der Waals surface area contributed by atoms with Gasteiger partial charge in [-0.05, 0) is 47.0 Å². The smallest absolute Gasteiger partial charge is 0.101 e. The first kappa shape index (κ1) is 19.0. The molecule has 0 amide bonds. The Morgan fingerprint density at radius 3 is 1.88 bits per heavy atom. The van der Waals surface area contributed by atoms with Crippen molar-refractivity contribution < 1.29 is 0 Å². The summed E-state index contributed by atoms with van der Waals surface area (Å²) in [6.45, 7) is 0. The molecule has 2 heterocycles. The standard InChI is InChI=1S/C30H19N3/c31-18-21-16-25(20-32-19-21)23-14-12-22(13-15-23)24-6-5-7-26(17-24)33-29-10-3-1-8-27(29)28-9-2-4-11-30(28)33/h1-17,19-20H. The molecule has 0 saturated heterocycles. The number of hydrogen-bond donors (Lipinski definition) is 0. The van der Waals surface area contributed by atoms with Crippen LogP contribution < -0.4 is 0 Å². The van der Waals surface area contributed by atoms with Crippen LogP contribution in [0.15, 0.2) is 116 Å². The van der Waals surface area contributed by atoms with Crippen LogP contribution in [0.25, 0.3) is 49.7 Å². The van der Waals surface area contributed by atoms with Crippen LogP contribution >= 0.6 is 0 Å². The van der Waals surface area contributed by atoms with Crippen molar-refractivity contribution >= 4 is 21.8 Å². The summed E-state index contributed by atoms with van der Waals surface area (Å²) in [6, 6.07) is 38.2. The minimum atomic E-state index is 0.565. The highest BCUT2D eigenvalue weighted by Crippen LogP contribution is 2.33. The Bertz CT molecular complexity index is 1610. The molecule has 33 heavy (non-hydrogen) atoms. The highest BCUT2D eigenvalue weighted by molar-refractivity contribution is 6.09. The minimum Gasteiger partial charge on any atom is -0.309 e. The SMILES string of the molecule is N#Cc1cncc(-c2ccc(-c3cccc(-n4c5ccccc5c5ccccc54)c3)cc2)c1. The molecule has 0 aliphatic heterocycles. The van der Waals surface area contributed by atoms with E-state index in [0.717, 1.165) is 27.9 Å². The van der Waals surface area contributed by atoms with Gasteiger partial charge in [-0.1, -0.05) is 72.8 Å². The number of hydrogen-bond acceptors (Lipinski definition) is 2. The fraction of sp³-hybridized carbons (Fsp3) is 0. The van der Waals surface area contributed by atoms with Crippen LogP contribution in [0.4, 0.5) is 0 Å². The topological polar surface area (TPSA) is 41.6 Å². The van der Waals surface area contributed by atoms with E-state index in [1.54, 1.807) is 12.4 Å².